The first-order valence-electron chi connectivity index (χ1n) is 8.11. The maximum Gasteiger partial charge on any atom is 0.407 e. The summed E-state index contributed by atoms with van der Waals surface area (Å²) in [6.45, 7) is 3.82. The summed E-state index contributed by atoms with van der Waals surface area (Å²) in [5.41, 5.74) is 1.67. The Balaban J connectivity index is 1.53. The lowest BCUT2D eigenvalue weighted by molar-refractivity contribution is 0.00400. The van der Waals surface area contributed by atoms with Crippen LogP contribution in [0.2, 0.25) is 0 Å². The number of nitriles is 1. The Morgan fingerprint density at radius 1 is 1.38 bits per heavy atom. The molecular weight excluding hydrogens is 310 g/mol. The second-order valence-corrected chi connectivity index (χ2v) is 5.87. The Labute approximate surface area is 140 Å². The molecule has 4 atom stereocenters. The molecule has 2 fully saturated rings. The minimum Gasteiger partial charge on any atom is -0.441 e. The van der Waals surface area contributed by atoms with Gasteiger partial charge in [0.2, 0.25) is 0 Å². The van der Waals surface area contributed by atoms with Gasteiger partial charge in [-0.05, 0) is 24.6 Å². The Bertz CT molecular complexity index is 631. The summed E-state index contributed by atoms with van der Waals surface area (Å²) in [4.78, 5) is 11.6. The highest BCUT2D eigenvalue weighted by Crippen LogP contribution is 2.29. The van der Waals surface area contributed by atoms with Crippen LogP contribution in [-0.4, -0.2) is 50.2 Å². The molecule has 1 amide bonds. The monoisotopic (exact) mass is 331 g/mol. The van der Waals surface area contributed by atoms with Crippen molar-refractivity contribution < 1.29 is 19.0 Å². The van der Waals surface area contributed by atoms with Gasteiger partial charge in [0.1, 0.15) is 12.2 Å². The van der Waals surface area contributed by atoms with E-state index in [4.69, 9.17) is 19.5 Å². The van der Waals surface area contributed by atoms with Gasteiger partial charge in [0.05, 0.1) is 30.9 Å². The van der Waals surface area contributed by atoms with Crippen molar-refractivity contribution in [3.63, 3.8) is 0 Å². The third-order valence-corrected chi connectivity index (χ3v) is 4.21. The lowest BCUT2D eigenvalue weighted by atomic mass is 10.1. The molecular formula is C17H21N3O4. The SMILES string of the molecule is CCNC(=O)OC1COC2C(NCc3cccc(C#N)c3)COC12. The zero-order valence-electron chi connectivity index (χ0n) is 13.5. The van der Waals surface area contributed by atoms with E-state index >= 15 is 0 Å². The molecule has 2 aliphatic rings. The first-order chi connectivity index (χ1) is 11.7. The van der Waals surface area contributed by atoms with Crippen molar-refractivity contribution in [2.75, 3.05) is 19.8 Å². The minimum atomic E-state index is -0.444. The Hall–Kier alpha value is -2.14. The Morgan fingerprint density at radius 2 is 2.21 bits per heavy atom. The second kappa shape index (κ2) is 7.62. The molecule has 7 heteroatoms. The van der Waals surface area contributed by atoms with Crippen molar-refractivity contribution in [3.05, 3.63) is 35.4 Å². The predicted molar refractivity (Wildman–Crippen MR) is 85.2 cm³/mol. The molecule has 4 unspecified atom stereocenters. The fourth-order valence-electron chi connectivity index (χ4n) is 3.06. The molecule has 0 bridgehead atoms. The molecule has 2 aliphatic heterocycles. The summed E-state index contributed by atoms with van der Waals surface area (Å²) in [6.07, 6.45) is -1.20. The molecule has 1 aromatic carbocycles. The standard InChI is InChI=1S/C17H21N3O4/c1-2-19-17(21)24-14-10-23-15-13(9-22-16(14)15)20-8-12-5-3-4-11(6-12)7-18/h3-6,13-16,20H,2,8-10H2,1H3,(H,19,21). The molecule has 0 spiro atoms. The highest BCUT2D eigenvalue weighted by molar-refractivity contribution is 5.67. The Kier molecular flexibility index (Phi) is 5.30. The first-order valence-corrected chi connectivity index (χ1v) is 8.11. The lowest BCUT2D eigenvalue weighted by Crippen LogP contribution is -2.41. The molecule has 7 nitrogen and oxygen atoms in total. The molecule has 3 rings (SSSR count). The smallest absolute Gasteiger partial charge is 0.407 e. The predicted octanol–water partition coefficient (Wildman–Crippen LogP) is 0.929. The van der Waals surface area contributed by atoms with Gasteiger partial charge >= 0.3 is 6.09 Å². The van der Waals surface area contributed by atoms with E-state index in [1.54, 1.807) is 6.07 Å². The van der Waals surface area contributed by atoms with Gasteiger partial charge in [-0.1, -0.05) is 12.1 Å². The van der Waals surface area contributed by atoms with Gasteiger partial charge in [-0.25, -0.2) is 4.79 Å². The van der Waals surface area contributed by atoms with Crippen LogP contribution < -0.4 is 10.6 Å². The van der Waals surface area contributed by atoms with Crippen molar-refractivity contribution in [2.24, 2.45) is 0 Å². The molecule has 24 heavy (non-hydrogen) atoms. The van der Waals surface area contributed by atoms with E-state index in [0.29, 0.717) is 31.9 Å². The number of carbonyl (C=O) groups is 1. The fraction of sp³-hybridized carbons (Fsp3) is 0.529. The Morgan fingerprint density at radius 3 is 3.00 bits per heavy atom. The van der Waals surface area contributed by atoms with E-state index in [2.05, 4.69) is 16.7 Å². The number of alkyl carbamates (subject to hydrolysis) is 1. The number of nitrogens with one attached hydrogen (secondary N) is 2. The van der Waals surface area contributed by atoms with Gasteiger partial charge < -0.3 is 24.8 Å². The van der Waals surface area contributed by atoms with Crippen LogP contribution in [-0.2, 0) is 20.8 Å². The molecule has 128 valence electrons. The van der Waals surface area contributed by atoms with E-state index in [1.807, 2.05) is 25.1 Å². The highest BCUT2D eigenvalue weighted by atomic mass is 16.6. The first kappa shape index (κ1) is 16.7. The van der Waals surface area contributed by atoms with Crippen LogP contribution in [0.1, 0.15) is 18.1 Å². The van der Waals surface area contributed by atoms with Crippen LogP contribution in [0.25, 0.3) is 0 Å². The maximum atomic E-state index is 11.6. The number of amides is 1. The molecule has 2 saturated heterocycles. The fourth-order valence-corrected chi connectivity index (χ4v) is 3.06. The van der Waals surface area contributed by atoms with E-state index in [-0.39, 0.29) is 24.4 Å². The number of rotatable bonds is 5. The second-order valence-electron chi connectivity index (χ2n) is 5.87. The van der Waals surface area contributed by atoms with Gasteiger partial charge in [-0.15, -0.1) is 0 Å². The van der Waals surface area contributed by atoms with E-state index < -0.39 is 6.09 Å². The number of ether oxygens (including phenoxy) is 3. The summed E-state index contributed by atoms with van der Waals surface area (Å²) in [6, 6.07) is 9.64. The van der Waals surface area contributed by atoms with Gasteiger partial charge in [0.25, 0.3) is 0 Å². The molecule has 1 aromatic rings. The van der Waals surface area contributed by atoms with Gasteiger partial charge in [0, 0.05) is 13.1 Å². The minimum absolute atomic E-state index is 0.0311. The number of carbonyl (C=O) groups excluding carboxylic acids is 1. The molecule has 0 saturated carbocycles. The lowest BCUT2D eigenvalue weighted by Gasteiger charge is -2.18. The third-order valence-electron chi connectivity index (χ3n) is 4.21. The number of hydrogen-bond donors (Lipinski definition) is 2. The quantitative estimate of drug-likeness (QED) is 0.834. The van der Waals surface area contributed by atoms with Gasteiger partial charge in [-0.2, -0.15) is 5.26 Å². The zero-order valence-corrected chi connectivity index (χ0v) is 13.5. The van der Waals surface area contributed by atoms with Gasteiger partial charge in [0.15, 0.2) is 6.10 Å². The highest BCUT2D eigenvalue weighted by Gasteiger charge is 2.49. The van der Waals surface area contributed by atoms with Crippen LogP contribution in [0.4, 0.5) is 4.79 Å². The summed E-state index contributed by atoms with van der Waals surface area (Å²) < 4.78 is 16.9. The normalized spacial score (nSPS) is 28.2. The van der Waals surface area contributed by atoms with Crippen molar-refractivity contribution in [3.8, 4) is 6.07 Å². The van der Waals surface area contributed by atoms with Crippen LogP contribution in [0.5, 0.6) is 0 Å². The summed E-state index contributed by atoms with van der Waals surface area (Å²) in [7, 11) is 0. The number of nitrogens with zero attached hydrogens (tertiary/aromatic N) is 1. The van der Waals surface area contributed by atoms with Crippen molar-refractivity contribution >= 4 is 6.09 Å². The average Bonchev–Trinajstić information content (AvgIpc) is 3.17. The topological polar surface area (TPSA) is 92.6 Å². The molecule has 2 heterocycles. The summed E-state index contributed by atoms with van der Waals surface area (Å²) in [5, 5.41) is 15.0. The van der Waals surface area contributed by atoms with Gasteiger partial charge in [-0.3, -0.25) is 0 Å². The third kappa shape index (κ3) is 3.67. The van der Waals surface area contributed by atoms with E-state index in [1.165, 1.54) is 0 Å². The van der Waals surface area contributed by atoms with Crippen LogP contribution in [0.15, 0.2) is 24.3 Å². The zero-order chi connectivity index (χ0) is 16.9. The average molecular weight is 331 g/mol. The molecule has 0 radical (unpaired) electrons. The van der Waals surface area contributed by atoms with E-state index in [0.717, 1.165) is 5.56 Å². The van der Waals surface area contributed by atoms with Crippen molar-refractivity contribution in [1.82, 2.24) is 10.6 Å². The van der Waals surface area contributed by atoms with Crippen molar-refractivity contribution in [1.29, 1.82) is 5.26 Å². The summed E-state index contributed by atoms with van der Waals surface area (Å²) in [5.74, 6) is 0. The van der Waals surface area contributed by atoms with Crippen LogP contribution in [0.3, 0.4) is 0 Å². The maximum absolute atomic E-state index is 11.6. The molecule has 0 aliphatic carbocycles. The molecule has 2 N–H and O–H groups in total. The number of benzene rings is 1. The van der Waals surface area contributed by atoms with Crippen LogP contribution in [0, 0.1) is 11.3 Å². The number of fused-ring (bicyclic) bond motifs is 1. The van der Waals surface area contributed by atoms with E-state index in [9.17, 15) is 4.79 Å². The molecule has 0 aromatic heterocycles. The summed E-state index contributed by atoms with van der Waals surface area (Å²) >= 11 is 0. The van der Waals surface area contributed by atoms with Crippen LogP contribution >= 0.6 is 0 Å². The largest absolute Gasteiger partial charge is 0.441 e. The van der Waals surface area contributed by atoms with Crippen molar-refractivity contribution in [2.45, 2.75) is 37.8 Å². The number of hydrogen-bond acceptors (Lipinski definition) is 6.